The predicted molar refractivity (Wildman–Crippen MR) is 124 cm³/mol. The molecule has 10 nitrogen and oxygen atoms in total. The maximum Gasteiger partial charge on any atom is 0.439 e. The number of halogens is 2. The van der Waals surface area contributed by atoms with Crippen LogP contribution in [-0.4, -0.2) is 32.6 Å². The van der Waals surface area contributed by atoms with Gasteiger partial charge in [-0.2, -0.15) is 0 Å². The highest BCUT2D eigenvalue weighted by Crippen LogP contribution is 2.47. The van der Waals surface area contributed by atoms with Gasteiger partial charge in [-0.1, -0.05) is 23.2 Å². The number of benzene rings is 2. The minimum atomic E-state index is -0.837. The summed E-state index contributed by atoms with van der Waals surface area (Å²) in [5.74, 6) is -0.223. The number of anilines is 2. The third-order valence-corrected chi connectivity index (χ3v) is 6.06. The van der Waals surface area contributed by atoms with Crippen molar-refractivity contribution >= 4 is 51.8 Å². The fourth-order valence-corrected chi connectivity index (χ4v) is 4.17. The number of imidazole rings is 1. The lowest BCUT2D eigenvalue weighted by atomic mass is 10.2. The monoisotopic (exact) mass is 488 g/mol. The van der Waals surface area contributed by atoms with Crippen molar-refractivity contribution < 1.29 is 14.1 Å². The Morgan fingerprint density at radius 2 is 1.97 bits per heavy atom. The highest BCUT2D eigenvalue weighted by molar-refractivity contribution is 6.37. The molecule has 33 heavy (non-hydrogen) atoms. The van der Waals surface area contributed by atoms with Gasteiger partial charge in [-0.3, -0.25) is 14.3 Å². The van der Waals surface area contributed by atoms with Crippen LogP contribution in [0.4, 0.5) is 11.6 Å². The van der Waals surface area contributed by atoms with Gasteiger partial charge >= 0.3 is 5.76 Å². The second kappa shape index (κ2) is 7.82. The number of hydrogen-bond donors (Lipinski definition) is 3. The fourth-order valence-electron chi connectivity index (χ4n) is 3.60. The Kier molecular flexibility index (Phi) is 5.06. The third kappa shape index (κ3) is 3.91. The van der Waals surface area contributed by atoms with E-state index in [-0.39, 0.29) is 27.2 Å². The number of aromatic nitrogens is 4. The molecule has 2 heterocycles. The minimum Gasteiger partial charge on any atom is -0.454 e. The number of hydrogen-bond acceptors (Lipinski definition) is 7. The molecule has 2 aromatic carbocycles. The molecule has 1 aliphatic carbocycles. The van der Waals surface area contributed by atoms with Gasteiger partial charge in [0.05, 0.1) is 21.1 Å². The molecule has 1 aliphatic rings. The number of H-pyrrole nitrogens is 1. The number of nitrogens with one attached hydrogen (secondary N) is 3. The zero-order valence-corrected chi connectivity index (χ0v) is 19.0. The molecular weight excluding hydrogens is 471 g/mol. The molecule has 0 radical (unpaired) electrons. The molecule has 0 unspecified atom stereocenters. The highest BCUT2D eigenvalue weighted by atomic mass is 35.5. The molecule has 0 aliphatic heterocycles. The predicted octanol–water partition coefficient (Wildman–Crippen LogP) is 4.61. The van der Waals surface area contributed by atoms with E-state index in [0.29, 0.717) is 11.4 Å². The first kappa shape index (κ1) is 21.4. The van der Waals surface area contributed by atoms with E-state index in [1.165, 1.54) is 12.1 Å². The van der Waals surface area contributed by atoms with Gasteiger partial charge in [0.1, 0.15) is 5.75 Å². The Morgan fingerprint density at radius 3 is 2.58 bits per heavy atom. The lowest BCUT2D eigenvalue weighted by Crippen LogP contribution is -2.15. The van der Waals surface area contributed by atoms with Gasteiger partial charge < -0.3 is 19.9 Å². The molecular formula is C21H18Cl2N6O4. The molecule has 0 atom stereocenters. The van der Waals surface area contributed by atoms with Crippen molar-refractivity contribution in [2.45, 2.75) is 25.3 Å². The normalized spacial score (nSPS) is 14.3. The molecule has 4 aromatic rings. The molecule has 5 rings (SSSR count). The zero-order valence-electron chi connectivity index (χ0n) is 17.5. The Balaban J connectivity index is 1.43. The van der Waals surface area contributed by atoms with E-state index in [1.807, 2.05) is 19.2 Å². The molecule has 3 N–H and O–H groups in total. The van der Waals surface area contributed by atoms with Crippen LogP contribution < -0.4 is 21.1 Å². The van der Waals surface area contributed by atoms with Gasteiger partial charge in [0, 0.05) is 24.3 Å². The van der Waals surface area contributed by atoms with Gasteiger partial charge in [0.15, 0.2) is 5.75 Å². The quantitative estimate of drug-likeness (QED) is 0.361. The summed E-state index contributed by atoms with van der Waals surface area (Å²) in [6.45, 7) is 2.19. The molecule has 2 aromatic heterocycles. The van der Waals surface area contributed by atoms with Crippen molar-refractivity contribution in [2.75, 3.05) is 17.7 Å². The maximum absolute atomic E-state index is 12.2. The van der Waals surface area contributed by atoms with Crippen LogP contribution in [0.15, 0.2) is 39.6 Å². The lowest BCUT2D eigenvalue weighted by molar-refractivity contribution is 0.101. The SMILES string of the molecule is CNc1nc2ccc(Oc3c(Cl)cc(NC(=O)c4noc(=O)[nH]4)cc3Cl)cc2n1C1(C)CC1. The van der Waals surface area contributed by atoms with Crippen molar-refractivity contribution in [3.8, 4) is 11.5 Å². The van der Waals surface area contributed by atoms with E-state index >= 15 is 0 Å². The van der Waals surface area contributed by atoms with E-state index in [4.69, 9.17) is 27.9 Å². The molecule has 0 bridgehead atoms. The maximum atomic E-state index is 12.2. The summed E-state index contributed by atoms with van der Waals surface area (Å²) in [4.78, 5) is 30.0. The first-order valence-corrected chi connectivity index (χ1v) is 10.8. The highest BCUT2D eigenvalue weighted by Gasteiger charge is 2.42. The number of rotatable bonds is 6. The van der Waals surface area contributed by atoms with Crippen LogP contribution >= 0.6 is 23.2 Å². The van der Waals surface area contributed by atoms with Gasteiger partial charge in [0.2, 0.25) is 11.8 Å². The lowest BCUT2D eigenvalue weighted by Gasteiger charge is -2.16. The fraction of sp³-hybridized carbons (Fsp3) is 0.238. The molecule has 170 valence electrons. The Labute approximate surface area is 196 Å². The Morgan fingerprint density at radius 1 is 1.24 bits per heavy atom. The van der Waals surface area contributed by atoms with Crippen LogP contribution in [0.1, 0.15) is 30.4 Å². The molecule has 1 amide bonds. The standard InChI is InChI=1S/C21H18Cl2N6O4/c1-21(5-6-21)29-15-9-11(3-4-14(15)26-19(29)24-2)32-16-12(22)7-10(8-13(16)23)25-18(30)17-27-20(31)33-28-17/h3-4,7-9H,5-6H2,1-2H3,(H,24,26)(H,25,30)(H,27,28,31). The van der Waals surface area contributed by atoms with Crippen LogP contribution in [0.3, 0.4) is 0 Å². The van der Waals surface area contributed by atoms with Gasteiger partial charge in [0.25, 0.3) is 5.91 Å². The van der Waals surface area contributed by atoms with Crippen LogP contribution in [0.2, 0.25) is 10.0 Å². The van der Waals surface area contributed by atoms with E-state index in [2.05, 4.69) is 41.8 Å². The minimum absolute atomic E-state index is 0.0228. The first-order chi connectivity index (χ1) is 15.8. The van der Waals surface area contributed by atoms with Crippen LogP contribution in [0.5, 0.6) is 11.5 Å². The average Bonchev–Trinajstić information content (AvgIpc) is 3.19. The third-order valence-electron chi connectivity index (χ3n) is 5.49. The number of nitrogens with zero attached hydrogens (tertiary/aromatic N) is 3. The number of carbonyl (C=O) groups excluding carboxylic acids is 1. The summed E-state index contributed by atoms with van der Waals surface area (Å²) in [6, 6.07) is 8.52. The summed E-state index contributed by atoms with van der Waals surface area (Å²) in [5.41, 5.74) is 2.10. The number of fused-ring (bicyclic) bond motifs is 1. The topological polar surface area (TPSA) is 127 Å². The molecule has 0 saturated heterocycles. The largest absolute Gasteiger partial charge is 0.454 e. The van der Waals surface area contributed by atoms with E-state index < -0.39 is 11.7 Å². The van der Waals surface area contributed by atoms with Crippen LogP contribution in [0.25, 0.3) is 11.0 Å². The number of amides is 1. The molecule has 1 fully saturated rings. The molecule has 1 saturated carbocycles. The van der Waals surface area contributed by atoms with E-state index in [1.54, 1.807) is 6.07 Å². The van der Waals surface area contributed by atoms with Crippen molar-refractivity contribution in [1.82, 2.24) is 19.7 Å². The molecule has 12 heteroatoms. The average molecular weight is 489 g/mol. The summed E-state index contributed by atoms with van der Waals surface area (Å²) < 4.78 is 12.5. The summed E-state index contributed by atoms with van der Waals surface area (Å²) >= 11 is 12.8. The van der Waals surface area contributed by atoms with Crippen molar-refractivity contribution in [1.29, 1.82) is 0 Å². The smallest absolute Gasteiger partial charge is 0.439 e. The summed E-state index contributed by atoms with van der Waals surface area (Å²) in [5, 5.41) is 9.40. The Bertz CT molecular complexity index is 1430. The number of aromatic amines is 1. The van der Waals surface area contributed by atoms with E-state index in [0.717, 1.165) is 29.8 Å². The van der Waals surface area contributed by atoms with Crippen LogP contribution in [-0.2, 0) is 5.54 Å². The number of ether oxygens (including phenoxy) is 1. The summed E-state index contributed by atoms with van der Waals surface area (Å²) in [7, 11) is 1.85. The van der Waals surface area contributed by atoms with Crippen molar-refractivity contribution in [3.05, 3.63) is 56.8 Å². The number of carbonyl (C=O) groups is 1. The Hall–Kier alpha value is -3.50. The van der Waals surface area contributed by atoms with Gasteiger partial charge in [-0.15, -0.1) is 0 Å². The van der Waals surface area contributed by atoms with Gasteiger partial charge in [-0.25, -0.2) is 9.78 Å². The molecule has 0 spiro atoms. The second-order valence-corrected chi connectivity index (χ2v) is 8.75. The van der Waals surface area contributed by atoms with Gasteiger partial charge in [-0.05, 0) is 49.2 Å². The van der Waals surface area contributed by atoms with Crippen LogP contribution in [0, 0.1) is 0 Å². The van der Waals surface area contributed by atoms with Crippen molar-refractivity contribution in [2.24, 2.45) is 0 Å². The zero-order chi connectivity index (χ0) is 23.3. The van der Waals surface area contributed by atoms with E-state index in [9.17, 15) is 9.59 Å². The summed E-state index contributed by atoms with van der Waals surface area (Å²) in [6.07, 6.45) is 2.15. The second-order valence-electron chi connectivity index (χ2n) is 7.94. The van der Waals surface area contributed by atoms with Crippen molar-refractivity contribution in [3.63, 3.8) is 0 Å². The first-order valence-electron chi connectivity index (χ1n) is 10.0.